The van der Waals surface area contributed by atoms with Gasteiger partial charge in [-0.15, -0.1) is 5.69 Å². The molecule has 8 nitrogen and oxygen atoms in total. The Morgan fingerprint density at radius 3 is 2.49 bits per heavy atom. The average Bonchev–Trinajstić information content (AvgIpc) is 3.28. The molecule has 3 heterocycles. The van der Waals surface area contributed by atoms with E-state index in [9.17, 15) is 13.2 Å². The van der Waals surface area contributed by atoms with Crippen LogP contribution in [0.4, 0.5) is 10.8 Å². The van der Waals surface area contributed by atoms with Crippen molar-refractivity contribution in [2.75, 3.05) is 31.1 Å². The molecule has 0 aliphatic carbocycles. The first-order valence-electron chi connectivity index (χ1n) is 10.5. The SMILES string of the molecule is O=C(c1ccccc1[N-]S(=O)(=O)c1ccccn1)N1CCN(c2nc3ccc(Br)cc3s2)CC1.[K+]. The molecule has 2 aromatic heterocycles. The normalized spacial score (nSPS) is 14.0. The minimum atomic E-state index is -4.04. The molecule has 12 heteroatoms. The molecule has 1 amide bonds. The number of piperazine rings is 1. The maximum absolute atomic E-state index is 13.3. The number of carbonyl (C=O) groups excluding carboxylic acids is 1. The number of sulfonamides is 1. The van der Waals surface area contributed by atoms with Crippen molar-refractivity contribution in [3.63, 3.8) is 0 Å². The zero-order valence-electron chi connectivity index (χ0n) is 18.8. The van der Waals surface area contributed by atoms with E-state index in [0.717, 1.165) is 19.8 Å². The third-order valence-electron chi connectivity index (χ3n) is 5.43. The van der Waals surface area contributed by atoms with Gasteiger partial charge in [0.15, 0.2) is 5.13 Å². The third-order valence-corrected chi connectivity index (χ3v) is 8.21. The Hall–Kier alpha value is -1.38. The molecule has 1 aliphatic heterocycles. The molecule has 35 heavy (non-hydrogen) atoms. The first-order valence-corrected chi connectivity index (χ1v) is 13.5. The van der Waals surface area contributed by atoms with E-state index in [1.807, 2.05) is 12.1 Å². The first-order chi connectivity index (χ1) is 16.4. The molecule has 174 valence electrons. The van der Waals surface area contributed by atoms with Crippen LogP contribution in [0.25, 0.3) is 14.9 Å². The number of amides is 1. The number of pyridine rings is 1. The van der Waals surface area contributed by atoms with Crippen LogP contribution in [0.5, 0.6) is 0 Å². The summed E-state index contributed by atoms with van der Waals surface area (Å²) >= 11 is 5.12. The molecule has 0 radical (unpaired) electrons. The predicted molar refractivity (Wildman–Crippen MR) is 136 cm³/mol. The van der Waals surface area contributed by atoms with Gasteiger partial charge in [0.05, 0.1) is 10.2 Å². The van der Waals surface area contributed by atoms with E-state index in [4.69, 9.17) is 4.98 Å². The molecule has 0 atom stereocenters. The van der Waals surface area contributed by atoms with Crippen LogP contribution >= 0.6 is 27.3 Å². The summed E-state index contributed by atoms with van der Waals surface area (Å²) in [6.07, 6.45) is 1.39. The number of rotatable bonds is 5. The van der Waals surface area contributed by atoms with Crippen molar-refractivity contribution in [2.45, 2.75) is 5.03 Å². The maximum atomic E-state index is 13.3. The number of hydrogen-bond donors (Lipinski definition) is 0. The van der Waals surface area contributed by atoms with Crippen LogP contribution in [0.2, 0.25) is 0 Å². The minimum Gasteiger partial charge on any atom is -0.571 e. The monoisotopic (exact) mass is 595 g/mol. The molecule has 1 fully saturated rings. The molecular formula is C23H19BrKN5O3S2. The maximum Gasteiger partial charge on any atom is 1.00 e. The van der Waals surface area contributed by atoms with Crippen LogP contribution in [0.15, 0.2) is 76.4 Å². The Labute approximate surface area is 258 Å². The number of benzene rings is 2. The predicted octanol–water partition coefficient (Wildman–Crippen LogP) is 1.81. The van der Waals surface area contributed by atoms with E-state index in [1.54, 1.807) is 46.6 Å². The topological polar surface area (TPSA) is 97.6 Å². The standard InChI is InChI=1S/C23H20BrN5O3S2.K/c24-16-8-9-19-20(15-16)33-23(26-19)29-13-11-28(12-14-29)22(30)17-5-1-2-6-18(17)27-34(31,32)21-7-3-4-10-25-21;/h1-10,15H,11-14H2,(H,27,30);/q;+1/p-1. The van der Waals surface area contributed by atoms with Gasteiger partial charge in [-0.3, -0.25) is 4.79 Å². The van der Waals surface area contributed by atoms with Crippen LogP contribution in [0.3, 0.4) is 0 Å². The van der Waals surface area contributed by atoms with Crippen LogP contribution in [0, 0.1) is 0 Å². The molecule has 2 aromatic carbocycles. The molecule has 0 unspecified atom stereocenters. The number of hydrogen-bond acceptors (Lipinski definition) is 7. The molecule has 1 saturated heterocycles. The molecule has 0 bridgehead atoms. The Morgan fingerprint density at radius 1 is 1.00 bits per heavy atom. The smallest absolute Gasteiger partial charge is 0.571 e. The number of nitrogens with zero attached hydrogens (tertiary/aromatic N) is 5. The minimum absolute atomic E-state index is 0. The number of anilines is 1. The number of halogens is 1. The summed E-state index contributed by atoms with van der Waals surface area (Å²) in [5.41, 5.74) is 1.31. The second kappa shape index (κ2) is 11.3. The third kappa shape index (κ3) is 5.96. The largest absolute Gasteiger partial charge is 1.00 e. The molecular weight excluding hydrogens is 577 g/mol. The summed E-state index contributed by atoms with van der Waals surface area (Å²) in [7, 11) is -4.04. The molecule has 0 spiro atoms. The Balaban J connectivity index is 0.00000289. The van der Waals surface area contributed by atoms with Crippen molar-refractivity contribution in [3.05, 3.63) is 81.6 Å². The summed E-state index contributed by atoms with van der Waals surface area (Å²) in [5.74, 6) is -0.247. The Morgan fingerprint density at radius 2 is 1.74 bits per heavy atom. The van der Waals surface area contributed by atoms with Crippen molar-refractivity contribution in [2.24, 2.45) is 0 Å². The summed E-state index contributed by atoms with van der Waals surface area (Å²) in [4.78, 5) is 25.8. The van der Waals surface area contributed by atoms with E-state index < -0.39 is 10.0 Å². The van der Waals surface area contributed by atoms with E-state index in [0.29, 0.717) is 26.2 Å². The van der Waals surface area contributed by atoms with Gasteiger partial charge < -0.3 is 14.5 Å². The quantitative estimate of drug-likeness (QED) is 0.326. The van der Waals surface area contributed by atoms with Gasteiger partial charge in [0.2, 0.25) is 0 Å². The Kier molecular flexibility index (Phi) is 8.64. The average molecular weight is 597 g/mol. The van der Waals surface area contributed by atoms with Crippen molar-refractivity contribution >= 4 is 64.2 Å². The molecule has 1 aliphatic rings. The molecule has 0 N–H and O–H groups in total. The van der Waals surface area contributed by atoms with E-state index in [2.05, 4.69) is 36.6 Å². The van der Waals surface area contributed by atoms with Crippen LogP contribution in [-0.2, 0) is 10.0 Å². The molecule has 5 rings (SSSR count). The van der Waals surface area contributed by atoms with E-state index in [-0.39, 0.29) is 73.6 Å². The summed E-state index contributed by atoms with van der Waals surface area (Å²) in [6, 6.07) is 17.1. The van der Waals surface area contributed by atoms with Gasteiger partial charge in [0.25, 0.3) is 5.91 Å². The first kappa shape index (κ1) is 26.7. The van der Waals surface area contributed by atoms with Gasteiger partial charge in [-0.25, -0.2) is 18.4 Å². The fourth-order valence-electron chi connectivity index (χ4n) is 3.70. The summed E-state index contributed by atoms with van der Waals surface area (Å²) in [5, 5.41) is 0.769. The zero-order valence-corrected chi connectivity index (χ0v) is 25.2. The van der Waals surface area contributed by atoms with E-state index in [1.165, 1.54) is 18.3 Å². The van der Waals surface area contributed by atoms with Gasteiger partial charge in [-0.05, 0) is 30.3 Å². The van der Waals surface area contributed by atoms with Crippen LogP contribution < -0.4 is 56.3 Å². The van der Waals surface area contributed by atoms with Crippen LogP contribution in [-0.4, -0.2) is 55.4 Å². The molecule has 4 aromatic rings. The van der Waals surface area contributed by atoms with Crippen molar-refractivity contribution < 1.29 is 64.6 Å². The van der Waals surface area contributed by atoms with Crippen LogP contribution in [0.1, 0.15) is 10.4 Å². The van der Waals surface area contributed by atoms with Gasteiger partial charge in [0.1, 0.15) is 15.0 Å². The van der Waals surface area contributed by atoms with Crippen molar-refractivity contribution in [1.29, 1.82) is 0 Å². The number of thiazole rings is 1. The Bertz CT molecular complexity index is 1460. The zero-order chi connectivity index (χ0) is 23.7. The summed E-state index contributed by atoms with van der Waals surface area (Å²) < 4.78 is 31.4. The van der Waals surface area contributed by atoms with Crippen molar-refractivity contribution in [3.8, 4) is 0 Å². The van der Waals surface area contributed by atoms with Gasteiger partial charge >= 0.3 is 51.4 Å². The van der Waals surface area contributed by atoms with Gasteiger partial charge in [-0.1, -0.05) is 57.6 Å². The summed E-state index contributed by atoms with van der Waals surface area (Å²) in [6.45, 7) is 2.27. The van der Waals surface area contributed by atoms with Gasteiger partial charge in [0, 0.05) is 42.4 Å². The number of carbonyl (C=O) groups is 1. The second-order valence-electron chi connectivity index (χ2n) is 7.64. The molecule has 0 saturated carbocycles. The van der Waals surface area contributed by atoms with Crippen molar-refractivity contribution in [1.82, 2.24) is 14.9 Å². The fourth-order valence-corrected chi connectivity index (χ4v) is 6.23. The number of fused-ring (bicyclic) bond motifs is 1. The number of aromatic nitrogens is 2. The van der Waals surface area contributed by atoms with E-state index >= 15 is 0 Å². The van der Waals surface area contributed by atoms with Gasteiger partial charge in [-0.2, -0.15) is 0 Å². The second-order valence-corrected chi connectivity index (χ2v) is 11.1. The fraction of sp³-hybridized carbons (Fsp3) is 0.174.